The first-order chi connectivity index (χ1) is 11.9. The maximum Gasteiger partial charge on any atom is 0.246 e. The second-order valence-electron chi connectivity index (χ2n) is 8.12. The molecule has 7 nitrogen and oxygen atoms in total. The van der Waals surface area contributed by atoms with E-state index in [1.807, 2.05) is 13.1 Å². The van der Waals surface area contributed by atoms with Gasteiger partial charge in [-0.25, -0.2) is 4.98 Å². The molecule has 0 radical (unpaired) electrons. The first-order valence-electron chi connectivity index (χ1n) is 9.06. The van der Waals surface area contributed by atoms with Crippen molar-refractivity contribution >= 4 is 0 Å². The predicted molar refractivity (Wildman–Crippen MR) is 90.0 cm³/mol. The summed E-state index contributed by atoms with van der Waals surface area (Å²) in [5.74, 6) is 3.56. The van der Waals surface area contributed by atoms with Gasteiger partial charge < -0.3 is 13.7 Å². The Bertz CT molecular complexity index is 729. The number of hydrogen-bond donors (Lipinski definition) is 0. The highest BCUT2D eigenvalue weighted by Crippen LogP contribution is 2.39. The number of rotatable bonds is 4. The van der Waals surface area contributed by atoms with Gasteiger partial charge >= 0.3 is 0 Å². The van der Waals surface area contributed by atoms with Crippen LogP contribution in [0.15, 0.2) is 15.1 Å². The van der Waals surface area contributed by atoms with Crippen molar-refractivity contribution in [3.63, 3.8) is 0 Å². The van der Waals surface area contributed by atoms with Gasteiger partial charge in [-0.2, -0.15) is 4.98 Å². The van der Waals surface area contributed by atoms with Crippen LogP contribution in [0.5, 0.6) is 0 Å². The summed E-state index contributed by atoms with van der Waals surface area (Å²) in [6, 6.07) is -0.0706. The molecule has 1 aliphatic heterocycles. The van der Waals surface area contributed by atoms with E-state index in [9.17, 15) is 0 Å². The average molecular weight is 346 g/mol. The summed E-state index contributed by atoms with van der Waals surface area (Å²) >= 11 is 0. The highest BCUT2D eigenvalue weighted by molar-refractivity contribution is 5.08. The number of oxazole rings is 1. The summed E-state index contributed by atoms with van der Waals surface area (Å²) in [6.07, 6.45) is 4.13. The lowest BCUT2D eigenvalue weighted by Gasteiger charge is -2.36. The molecule has 2 atom stereocenters. The number of ether oxygens (including phenoxy) is 1. The summed E-state index contributed by atoms with van der Waals surface area (Å²) in [5.41, 5.74) is -0.0470. The second-order valence-corrected chi connectivity index (χ2v) is 8.12. The fourth-order valence-electron chi connectivity index (χ4n) is 3.20. The summed E-state index contributed by atoms with van der Waals surface area (Å²) in [7, 11) is 0. The van der Waals surface area contributed by atoms with Crippen LogP contribution in [0.4, 0.5) is 0 Å². The summed E-state index contributed by atoms with van der Waals surface area (Å²) in [4.78, 5) is 11.4. The Morgan fingerprint density at radius 3 is 2.76 bits per heavy atom. The van der Waals surface area contributed by atoms with Crippen molar-refractivity contribution in [2.75, 3.05) is 13.2 Å². The number of nitrogens with zero attached hydrogens (tertiary/aromatic N) is 4. The fourth-order valence-corrected chi connectivity index (χ4v) is 3.20. The zero-order chi connectivity index (χ0) is 17.6. The monoisotopic (exact) mass is 346 g/mol. The average Bonchev–Trinajstić information content (AvgIpc) is 3.08. The fraction of sp³-hybridized carbons (Fsp3) is 0.722. The summed E-state index contributed by atoms with van der Waals surface area (Å²) < 4.78 is 17.4. The van der Waals surface area contributed by atoms with E-state index in [1.165, 1.54) is 0 Å². The minimum Gasteiger partial charge on any atom is -0.444 e. The topological polar surface area (TPSA) is 77.4 Å². The lowest BCUT2D eigenvalue weighted by molar-refractivity contribution is -0.0787. The highest BCUT2D eigenvalue weighted by Gasteiger charge is 2.38. The SMILES string of the molecule is C[C@H]1OCCN(Cc2ncc(C(C)(C)C)o2)[C@@H]1c1nc(C2CC2)no1. The van der Waals surface area contributed by atoms with Gasteiger partial charge in [0.15, 0.2) is 5.82 Å². The van der Waals surface area contributed by atoms with Crippen molar-refractivity contribution in [1.82, 2.24) is 20.0 Å². The zero-order valence-electron chi connectivity index (χ0n) is 15.4. The summed E-state index contributed by atoms with van der Waals surface area (Å²) in [6.45, 7) is 10.5. The number of hydrogen-bond acceptors (Lipinski definition) is 7. The van der Waals surface area contributed by atoms with Gasteiger partial charge in [-0.15, -0.1) is 0 Å². The van der Waals surface area contributed by atoms with E-state index < -0.39 is 0 Å². The molecule has 4 rings (SSSR count). The van der Waals surface area contributed by atoms with Crippen LogP contribution in [0.25, 0.3) is 0 Å². The third-order valence-electron chi connectivity index (χ3n) is 4.88. The molecule has 3 heterocycles. The lowest BCUT2D eigenvalue weighted by Crippen LogP contribution is -2.43. The molecular weight excluding hydrogens is 320 g/mol. The molecule has 1 saturated heterocycles. The van der Waals surface area contributed by atoms with Gasteiger partial charge in [0.2, 0.25) is 11.8 Å². The minimum atomic E-state index is -0.0706. The predicted octanol–water partition coefficient (Wildman–Crippen LogP) is 3.19. The Kier molecular flexibility index (Phi) is 4.16. The highest BCUT2D eigenvalue weighted by atomic mass is 16.5. The Labute approximate surface area is 147 Å². The van der Waals surface area contributed by atoms with Crippen LogP contribution in [-0.4, -0.2) is 39.3 Å². The molecule has 0 amide bonds. The molecule has 1 saturated carbocycles. The second kappa shape index (κ2) is 6.21. The van der Waals surface area contributed by atoms with Crippen molar-refractivity contribution in [3.8, 4) is 0 Å². The van der Waals surface area contributed by atoms with Crippen LogP contribution in [0, 0.1) is 0 Å². The van der Waals surface area contributed by atoms with Gasteiger partial charge in [0.1, 0.15) is 11.8 Å². The van der Waals surface area contributed by atoms with Gasteiger partial charge in [-0.3, -0.25) is 4.90 Å². The molecule has 136 valence electrons. The van der Waals surface area contributed by atoms with Gasteiger partial charge in [0, 0.05) is 17.9 Å². The third kappa shape index (κ3) is 3.48. The van der Waals surface area contributed by atoms with Crippen LogP contribution in [-0.2, 0) is 16.7 Å². The molecule has 7 heteroatoms. The van der Waals surface area contributed by atoms with Crippen LogP contribution >= 0.6 is 0 Å². The molecule has 1 aliphatic carbocycles. The van der Waals surface area contributed by atoms with Crippen molar-refractivity contribution in [2.24, 2.45) is 0 Å². The molecule has 0 spiro atoms. The third-order valence-corrected chi connectivity index (χ3v) is 4.88. The van der Waals surface area contributed by atoms with Gasteiger partial charge in [0.05, 0.1) is 25.5 Å². The lowest BCUT2D eigenvalue weighted by atomic mass is 9.94. The summed E-state index contributed by atoms with van der Waals surface area (Å²) in [5, 5.41) is 4.16. The molecule has 2 aliphatic rings. The Morgan fingerprint density at radius 2 is 2.08 bits per heavy atom. The molecule has 25 heavy (non-hydrogen) atoms. The van der Waals surface area contributed by atoms with E-state index in [2.05, 4.69) is 40.8 Å². The quantitative estimate of drug-likeness (QED) is 0.841. The Balaban J connectivity index is 1.54. The van der Waals surface area contributed by atoms with Crippen molar-refractivity contribution < 1.29 is 13.7 Å². The van der Waals surface area contributed by atoms with Crippen molar-refractivity contribution in [1.29, 1.82) is 0 Å². The van der Waals surface area contributed by atoms with E-state index in [0.29, 0.717) is 30.9 Å². The van der Waals surface area contributed by atoms with Crippen LogP contribution in [0.2, 0.25) is 0 Å². The molecule has 0 bridgehead atoms. The van der Waals surface area contributed by atoms with Crippen LogP contribution in [0.1, 0.15) is 75.9 Å². The maximum atomic E-state index is 5.96. The van der Waals surface area contributed by atoms with Crippen LogP contribution in [0.3, 0.4) is 0 Å². The molecule has 0 aromatic carbocycles. The van der Waals surface area contributed by atoms with Crippen LogP contribution < -0.4 is 0 Å². The first kappa shape index (κ1) is 16.7. The molecule has 0 unspecified atom stereocenters. The molecule has 2 aromatic heterocycles. The van der Waals surface area contributed by atoms with Gasteiger partial charge in [-0.05, 0) is 19.8 Å². The Morgan fingerprint density at radius 1 is 1.28 bits per heavy atom. The molecular formula is C18H26N4O3. The standard InChI is InChI=1S/C18H26N4O3/c1-11-15(17-20-16(21-25-17)12-5-6-12)22(7-8-23-11)10-14-19-9-13(24-14)18(2,3)4/h9,11-12,15H,5-8,10H2,1-4H3/t11-,15+/m1/s1. The number of morpholine rings is 1. The van der Waals surface area contributed by atoms with Crippen molar-refractivity contribution in [3.05, 3.63) is 29.6 Å². The smallest absolute Gasteiger partial charge is 0.246 e. The van der Waals surface area contributed by atoms with Gasteiger partial charge in [-0.1, -0.05) is 25.9 Å². The maximum absolute atomic E-state index is 5.96. The zero-order valence-corrected chi connectivity index (χ0v) is 15.4. The van der Waals surface area contributed by atoms with E-state index in [-0.39, 0.29) is 17.6 Å². The van der Waals surface area contributed by atoms with Gasteiger partial charge in [0.25, 0.3) is 0 Å². The minimum absolute atomic E-state index is 0.0155. The number of aromatic nitrogens is 3. The van der Waals surface area contributed by atoms with Crippen molar-refractivity contribution in [2.45, 2.75) is 70.6 Å². The van der Waals surface area contributed by atoms with E-state index in [4.69, 9.17) is 13.7 Å². The largest absolute Gasteiger partial charge is 0.444 e. The first-order valence-corrected chi connectivity index (χ1v) is 9.06. The molecule has 2 aromatic rings. The molecule has 2 fully saturated rings. The van der Waals surface area contributed by atoms with E-state index in [1.54, 1.807) is 0 Å². The van der Waals surface area contributed by atoms with E-state index >= 15 is 0 Å². The molecule has 0 N–H and O–H groups in total. The van der Waals surface area contributed by atoms with E-state index in [0.717, 1.165) is 31.0 Å². The normalized spacial score (nSPS) is 25.4. The Hall–Kier alpha value is -1.73.